The molecule has 168 valence electrons. The highest BCUT2D eigenvalue weighted by molar-refractivity contribution is 7.92. The molecule has 32 heavy (non-hydrogen) atoms. The van der Waals surface area contributed by atoms with Crippen molar-refractivity contribution in [2.45, 2.75) is 24.8 Å². The summed E-state index contributed by atoms with van der Waals surface area (Å²) in [6.07, 6.45) is 0. The first-order valence-corrected chi connectivity index (χ1v) is 11.4. The van der Waals surface area contributed by atoms with Gasteiger partial charge in [0.2, 0.25) is 5.91 Å². The zero-order valence-corrected chi connectivity index (χ0v) is 18.9. The molecule has 8 heteroatoms. The molecule has 0 unspecified atom stereocenters. The zero-order chi connectivity index (χ0) is 23.3. The predicted octanol–water partition coefficient (Wildman–Crippen LogP) is 4.22. The van der Waals surface area contributed by atoms with E-state index in [0.717, 1.165) is 27.6 Å². The van der Waals surface area contributed by atoms with Crippen LogP contribution in [0.3, 0.4) is 0 Å². The maximum absolute atomic E-state index is 13.3. The summed E-state index contributed by atoms with van der Waals surface area (Å²) < 4.78 is 46.1. The van der Waals surface area contributed by atoms with Crippen molar-refractivity contribution in [3.8, 4) is 5.75 Å². The van der Waals surface area contributed by atoms with Gasteiger partial charge in [-0.15, -0.1) is 0 Å². The number of nitrogens with one attached hydrogen (secondary N) is 1. The molecule has 0 radical (unpaired) electrons. The molecule has 1 amide bonds. The smallest absolute Gasteiger partial charge is 0.264 e. The van der Waals surface area contributed by atoms with Gasteiger partial charge in [-0.2, -0.15) is 0 Å². The fraction of sp³-hybridized carbons (Fsp3) is 0.208. The maximum atomic E-state index is 13.3. The van der Waals surface area contributed by atoms with Crippen molar-refractivity contribution in [3.05, 3.63) is 89.7 Å². The van der Waals surface area contributed by atoms with Gasteiger partial charge >= 0.3 is 0 Å². The van der Waals surface area contributed by atoms with Crippen LogP contribution in [0.25, 0.3) is 0 Å². The Kier molecular flexibility index (Phi) is 7.15. The lowest BCUT2D eigenvalue weighted by Gasteiger charge is -2.25. The van der Waals surface area contributed by atoms with E-state index in [1.807, 2.05) is 26.0 Å². The molecule has 3 aromatic carbocycles. The van der Waals surface area contributed by atoms with Gasteiger partial charge in [-0.25, -0.2) is 12.8 Å². The number of halogens is 1. The van der Waals surface area contributed by atoms with Crippen molar-refractivity contribution in [1.82, 2.24) is 5.32 Å². The second-order valence-electron chi connectivity index (χ2n) is 7.36. The van der Waals surface area contributed by atoms with Crippen molar-refractivity contribution in [3.63, 3.8) is 0 Å². The molecule has 0 aliphatic rings. The van der Waals surface area contributed by atoms with Gasteiger partial charge in [0.25, 0.3) is 10.0 Å². The summed E-state index contributed by atoms with van der Waals surface area (Å²) >= 11 is 0. The molecule has 0 spiro atoms. The van der Waals surface area contributed by atoms with Gasteiger partial charge in [0.1, 0.15) is 18.1 Å². The second-order valence-corrected chi connectivity index (χ2v) is 9.23. The summed E-state index contributed by atoms with van der Waals surface area (Å²) in [5.74, 6) is -0.320. The Morgan fingerprint density at radius 1 is 1.00 bits per heavy atom. The molecule has 0 aliphatic carbocycles. The minimum Gasteiger partial charge on any atom is -0.497 e. The van der Waals surface area contributed by atoms with E-state index in [1.54, 1.807) is 43.5 Å². The summed E-state index contributed by atoms with van der Waals surface area (Å²) in [5, 5.41) is 2.83. The number of carbonyl (C=O) groups excluding carboxylic acids is 1. The Bertz CT molecular complexity index is 1160. The molecule has 1 atom stereocenters. The summed E-state index contributed by atoms with van der Waals surface area (Å²) in [6, 6.07) is 18.2. The van der Waals surface area contributed by atoms with Gasteiger partial charge in [-0.1, -0.05) is 29.8 Å². The minimum absolute atomic E-state index is 0.101. The molecule has 0 bridgehead atoms. The third kappa shape index (κ3) is 5.45. The third-order valence-corrected chi connectivity index (χ3v) is 6.79. The number of anilines is 1. The zero-order valence-electron chi connectivity index (χ0n) is 18.1. The molecule has 0 saturated carbocycles. The summed E-state index contributed by atoms with van der Waals surface area (Å²) in [6.45, 7) is 3.26. The van der Waals surface area contributed by atoms with Gasteiger partial charge in [0.05, 0.1) is 23.7 Å². The monoisotopic (exact) mass is 456 g/mol. The maximum Gasteiger partial charge on any atom is 0.264 e. The fourth-order valence-corrected chi connectivity index (χ4v) is 4.57. The van der Waals surface area contributed by atoms with Crippen molar-refractivity contribution in [1.29, 1.82) is 0 Å². The van der Waals surface area contributed by atoms with E-state index < -0.39 is 28.3 Å². The van der Waals surface area contributed by atoms with Crippen LogP contribution in [0.15, 0.2) is 77.7 Å². The van der Waals surface area contributed by atoms with E-state index in [2.05, 4.69) is 5.32 Å². The fourth-order valence-electron chi connectivity index (χ4n) is 3.15. The lowest BCUT2D eigenvalue weighted by Crippen LogP contribution is -2.41. The van der Waals surface area contributed by atoms with E-state index in [1.165, 1.54) is 12.1 Å². The summed E-state index contributed by atoms with van der Waals surface area (Å²) in [7, 11) is -2.53. The van der Waals surface area contributed by atoms with Crippen molar-refractivity contribution in [2.24, 2.45) is 0 Å². The Balaban J connectivity index is 1.85. The first kappa shape index (κ1) is 23.3. The number of methoxy groups -OCH3 is 1. The summed E-state index contributed by atoms with van der Waals surface area (Å²) in [5.41, 5.74) is 2.14. The van der Waals surface area contributed by atoms with Crippen LogP contribution in [-0.4, -0.2) is 28.0 Å². The van der Waals surface area contributed by atoms with Crippen molar-refractivity contribution < 1.29 is 22.3 Å². The number of aryl methyl sites for hydroxylation is 1. The van der Waals surface area contributed by atoms with Crippen LogP contribution in [0.4, 0.5) is 10.1 Å². The van der Waals surface area contributed by atoms with E-state index in [9.17, 15) is 17.6 Å². The average molecular weight is 457 g/mol. The number of nitrogens with zero attached hydrogens (tertiary/aromatic N) is 1. The Hall–Kier alpha value is -3.39. The van der Waals surface area contributed by atoms with Crippen LogP contribution in [0.1, 0.15) is 24.1 Å². The van der Waals surface area contributed by atoms with Crippen LogP contribution in [0.5, 0.6) is 5.75 Å². The quantitative estimate of drug-likeness (QED) is 0.551. The first-order chi connectivity index (χ1) is 15.2. The topological polar surface area (TPSA) is 75.7 Å². The van der Waals surface area contributed by atoms with Crippen molar-refractivity contribution >= 4 is 21.6 Å². The lowest BCUT2D eigenvalue weighted by atomic mass is 10.1. The second kappa shape index (κ2) is 9.82. The van der Waals surface area contributed by atoms with Crippen LogP contribution in [0.2, 0.25) is 0 Å². The highest BCUT2D eigenvalue weighted by atomic mass is 32.2. The molecule has 6 nitrogen and oxygen atoms in total. The average Bonchev–Trinajstić information content (AvgIpc) is 2.78. The molecule has 3 aromatic rings. The molecule has 1 N–H and O–H groups in total. The molecular formula is C24H25FN2O4S. The predicted molar refractivity (Wildman–Crippen MR) is 122 cm³/mol. The van der Waals surface area contributed by atoms with Crippen LogP contribution in [-0.2, 0) is 14.8 Å². The number of benzene rings is 3. The van der Waals surface area contributed by atoms with Gasteiger partial charge in [-0.05, 0) is 67.9 Å². The SMILES string of the molecule is COc1ccc([C@H](C)NC(=O)CN(c2ccc(C)cc2)S(=O)(=O)c2ccc(F)cc2)cc1. The Morgan fingerprint density at radius 3 is 2.16 bits per heavy atom. The highest BCUT2D eigenvalue weighted by Gasteiger charge is 2.27. The Morgan fingerprint density at radius 2 is 1.59 bits per heavy atom. The molecule has 0 aromatic heterocycles. The molecule has 0 fully saturated rings. The van der Waals surface area contributed by atoms with E-state index in [0.29, 0.717) is 11.4 Å². The number of rotatable bonds is 8. The lowest BCUT2D eigenvalue weighted by molar-refractivity contribution is -0.120. The van der Waals surface area contributed by atoms with Crippen LogP contribution < -0.4 is 14.4 Å². The van der Waals surface area contributed by atoms with Gasteiger partial charge in [-0.3, -0.25) is 9.10 Å². The molecule has 0 saturated heterocycles. The van der Waals surface area contributed by atoms with Gasteiger partial charge < -0.3 is 10.1 Å². The van der Waals surface area contributed by atoms with Crippen LogP contribution >= 0.6 is 0 Å². The number of ether oxygens (including phenoxy) is 1. The van der Waals surface area contributed by atoms with Gasteiger partial charge in [0, 0.05) is 0 Å². The minimum atomic E-state index is -4.10. The molecule has 0 aliphatic heterocycles. The van der Waals surface area contributed by atoms with E-state index in [4.69, 9.17) is 4.74 Å². The number of hydrogen-bond acceptors (Lipinski definition) is 4. The largest absolute Gasteiger partial charge is 0.497 e. The third-order valence-electron chi connectivity index (χ3n) is 5.00. The normalized spacial score (nSPS) is 12.1. The summed E-state index contributed by atoms with van der Waals surface area (Å²) in [4.78, 5) is 12.7. The number of carbonyl (C=O) groups is 1. The van der Waals surface area contributed by atoms with E-state index >= 15 is 0 Å². The molecular weight excluding hydrogens is 431 g/mol. The number of hydrogen-bond donors (Lipinski definition) is 1. The first-order valence-electron chi connectivity index (χ1n) is 9.99. The standard InChI is InChI=1S/C24H25FN2O4S/c1-17-4-10-21(11-5-17)27(32(29,30)23-14-8-20(25)9-15-23)16-24(28)26-18(2)19-6-12-22(31-3)13-7-19/h4-15,18H,16H2,1-3H3,(H,26,28)/t18-/m0/s1. The number of sulfonamides is 1. The van der Waals surface area contributed by atoms with Crippen LogP contribution in [0, 0.1) is 12.7 Å². The molecule has 3 rings (SSSR count). The number of amides is 1. The van der Waals surface area contributed by atoms with E-state index in [-0.39, 0.29) is 10.9 Å². The molecule has 0 heterocycles. The Labute approximate surface area is 187 Å². The van der Waals surface area contributed by atoms with Crippen molar-refractivity contribution in [2.75, 3.05) is 18.0 Å². The van der Waals surface area contributed by atoms with Gasteiger partial charge in [0.15, 0.2) is 0 Å². The highest BCUT2D eigenvalue weighted by Crippen LogP contribution is 2.25.